The quantitative estimate of drug-likeness (QED) is 0.851. The minimum atomic E-state index is -3.63. The van der Waals surface area contributed by atoms with Crippen LogP contribution in [-0.2, 0) is 10.0 Å². The average molecular weight is 295 g/mol. The van der Waals surface area contributed by atoms with Gasteiger partial charge in [0.05, 0.1) is 4.90 Å². The molecule has 4 nitrogen and oxygen atoms in total. The van der Waals surface area contributed by atoms with Gasteiger partial charge in [-0.1, -0.05) is 6.07 Å². The van der Waals surface area contributed by atoms with Crippen molar-refractivity contribution < 1.29 is 13.5 Å². The molecule has 0 aliphatic carbocycles. The lowest BCUT2D eigenvalue weighted by atomic mass is 10.3. The fourth-order valence-corrected chi connectivity index (χ4v) is 3.03. The normalized spacial score (nSPS) is 11.2. The van der Waals surface area contributed by atoms with Gasteiger partial charge in [0, 0.05) is 10.6 Å². The highest BCUT2D eigenvalue weighted by Gasteiger charge is 2.13. The standard InChI is InChI=1S/C13H13NO3S2/c1-18-12-4-2-3-10(9-12)14-19(16,17)13-7-5-11(15)6-8-13/h2-9,14-15H,1H3. The van der Waals surface area contributed by atoms with Gasteiger partial charge in [-0.25, -0.2) is 8.42 Å². The third kappa shape index (κ3) is 3.42. The lowest BCUT2D eigenvalue weighted by Gasteiger charge is -2.09. The van der Waals surface area contributed by atoms with E-state index in [0.29, 0.717) is 5.69 Å². The summed E-state index contributed by atoms with van der Waals surface area (Å²) in [4.78, 5) is 1.09. The molecule has 0 heterocycles. The second-order valence-corrected chi connectivity index (χ2v) is 6.39. The van der Waals surface area contributed by atoms with Gasteiger partial charge in [0.15, 0.2) is 0 Å². The number of phenolic OH excluding ortho intramolecular Hbond substituents is 1. The van der Waals surface area contributed by atoms with Gasteiger partial charge in [0.25, 0.3) is 10.0 Å². The molecule has 0 atom stereocenters. The summed E-state index contributed by atoms with van der Waals surface area (Å²) in [5.41, 5.74) is 0.514. The largest absolute Gasteiger partial charge is 0.508 e. The van der Waals surface area contributed by atoms with Crippen molar-refractivity contribution in [1.82, 2.24) is 0 Å². The minimum absolute atomic E-state index is 0.0309. The van der Waals surface area contributed by atoms with Crippen molar-refractivity contribution >= 4 is 27.5 Å². The monoisotopic (exact) mass is 295 g/mol. The zero-order chi connectivity index (χ0) is 13.9. The first-order chi connectivity index (χ1) is 9.01. The first-order valence-corrected chi connectivity index (χ1v) is 8.18. The zero-order valence-electron chi connectivity index (χ0n) is 10.2. The Morgan fingerprint density at radius 1 is 1.11 bits per heavy atom. The van der Waals surface area contributed by atoms with Crippen LogP contribution < -0.4 is 4.72 Å². The van der Waals surface area contributed by atoms with E-state index in [1.165, 1.54) is 36.0 Å². The highest BCUT2D eigenvalue weighted by molar-refractivity contribution is 7.98. The molecule has 0 saturated heterocycles. The number of sulfonamides is 1. The molecule has 0 aliphatic heterocycles. The van der Waals surface area contributed by atoms with Gasteiger partial charge in [-0.2, -0.15) is 0 Å². The van der Waals surface area contributed by atoms with Crippen molar-refractivity contribution in [2.24, 2.45) is 0 Å². The van der Waals surface area contributed by atoms with E-state index in [4.69, 9.17) is 5.11 Å². The van der Waals surface area contributed by atoms with Gasteiger partial charge < -0.3 is 5.11 Å². The van der Waals surface area contributed by atoms with Crippen molar-refractivity contribution in [2.75, 3.05) is 11.0 Å². The summed E-state index contributed by atoms with van der Waals surface area (Å²) in [5.74, 6) is 0.0309. The van der Waals surface area contributed by atoms with Crippen molar-refractivity contribution in [3.8, 4) is 5.75 Å². The number of thioether (sulfide) groups is 1. The number of phenols is 1. The van der Waals surface area contributed by atoms with Crippen LogP contribution in [0, 0.1) is 0 Å². The Morgan fingerprint density at radius 2 is 1.79 bits per heavy atom. The van der Waals surface area contributed by atoms with E-state index < -0.39 is 10.0 Å². The Hall–Kier alpha value is -1.66. The van der Waals surface area contributed by atoms with Crippen molar-refractivity contribution in [2.45, 2.75) is 9.79 Å². The van der Waals surface area contributed by atoms with Crippen molar-refractivity contribution in [3.05, 3.63) is 48.5 Å². The van der Waals surface area contributed by atoms with Crippen LogP contribution in [0.2, 0.25) is 0 Å². The smallest absolute Gasteiger partial charge is 0.261 e. The fraction of sp³-hybridized carbons (Fsp3) is 0.0769. The molecule has 0 amide bonds. The molecule has 0 radical (unpaired) electrons. The number of benzene rings is 2. The van der Waals surface area contributed by atoms with E-state index in [-0.39, 0.29) is 10.6 Å². The Bertz CT molecular complexity index is 667. The number of rotatable bonds is 4. The van der Waals surface area contributed by atoms with Crippen LogP contribution in [0.3, 0.4) is 0 Å². The predicted molar refractivity (Wildman–Crippen MR) is 77.1 cm³/mol. The topological polar surface area (TPSA) is 66.4 Å². The summed E-state index contributed by atoms with van der Waals surface area (Å²) in [6, 6.07) is 12.6. The van der Waals surface area contributed by atoms with Crippen molar-refractivity contribution in [3.63, 3.8) is 0 Å². The fourth-order valence-electron chi connectivity index (χ4n) is 1.53. The summed E-state index contributed by atoms with van der Waals surface area (Å²) in [6.07, 6.45) is 1.92. The van der Waals surface area contributed by atoms with Crippen LogP contribution in [-0.4, -0.2) is 19.8 Å². The van der Waals surface area contributed by atoms with E-state index >= 15 is 0 Å². The van der Waals surface area contributed by atoms with Gasteiger partial charge in [0.1, 0.15) is 5.75 Å². The Balaban J connectivity index is 2.28. The molecule has 100 valence electrons. The Kier molecular flexibility index (Phi) is 4.01. The number of nitrogens with one attached hydrogen (secondary N) is 1. The van der Waals surface area contributed by atoms with Gasteiger partial charge in [-0.15, -0.1) is 11.8 Å². The lowest BCUT2D eigenvalue weighted by molar-refractivity contribution is 0.475. The molecule has 0 bridgehead atoms. The maximum atomic E-state index is 12.1. The van der Waals surface area contributed by atoms with E-state index in [9.17, 15) is 8.42 Å². The molecule has 0 fully saturated rings. The number of aromatic hydroxyl groups is 1. The summed E-state index contributed by atoms with van der Waals surface area (Å²) in [6.45, 7) is 0. The van der Waals surface area contributed by atoms with Crippen LogP contribution >= 0.6 is 11.8 Å². The van der Waals surface area contributed by atoms with Crippen LogP contribution in [0.15, 0.2) is 58.3 Å². The molecular formula is C13H13NO3S2. The molecule has 0 saturated carbocycles. The average Bonchev–Trinajstić information content (AvgIpc) is 2.39. The molecule has 19 heavy (non-hydrogen) atoms. The third-order valence-corrected chi connectivity index (χ3v) is 4.59. The van der Waals surface area contributed by atoms with Gasteiger partial charge in [-0.05, 0) is 48.7 Å². The third-order valence-electron chi connectivity index (χ3n) is 2.47. The summed E-state index contributed by atoms with van der Waals surface area (Å²) in [7, 11) is -3.63. The molecule has 6 heteroatoms. The summed E-state index contributed by atoms with van der Waals surface area (Å²) in [5, 5.41) is 9.16. The molecule has 2 aromatic carbocycles. The second-order valence-electron chi connectivity index (χ2n) is 3.83. The molecule has 0 aliphatic rings. The maximum Gasteiger partial charge on any atom is 0.261 e. The first-order valence-electron chi connectivity index (χ1n) is 5.47. The van der Waals surface area contributed by atoms with Gasteiger partial charge in [-0.3, -0.25) is 4.72 Å². The van der Waals surface area contributed by atoms with Gasteiger partial charge in [0.2, 0.25) is 0 Å². The number of hydrogen-bond donors (Lipinski definition) is 2. The van der Waals surface area contributed by atoms with E-state index in [2.05, 4.69) is 4.72 Å². The highest BCUT2D eigenvalue weighted by atomic mass is 32.2. The maximum absolute atomic E-state index is 12.1. The molecule has 2 aromatic rings. The van der Waals surface area contributed by atoms with Crippen molar-refractivity contribution in [1.29, 1.82) is 0 Å². The molecule has 2 N–H and O–H groups in total. The highest BCUT2D eigenvalue weighted by Crippen LogP contribution is 2.22. The number of anilines is 1. The molecule has 0 spiro atoms. The number of hydrogen-bond acceptors (Lipinski definition) is 4. The Labute approximate surface area is 116 Å². The first kappa shape index (κ1) is 13.8. The minimum Gasteiger partial charge on any atom is -0.508 e. The summed E-state index contributed by atoms with van der Waals surface area (Å²) < 4.78 is 26.7. The van der Waals surface area contributed by atoms with E-state index in [0.717, 1.165) is 4.90 Å². The van der Waals surface area contributed by atoms with Crippen LogP contribution in [0.1, 0.15) is 0 Å². The van der Waals surface area contributed by atoms with Crippen LogP contribution in [0.5, 0.6) is 5.75 Å². The SMILES string of the molecule is CSc1cccc(NS(=O)(=O)c2ccc(O)cc2)c1. The molecule has 0 aromatic heterocycles. The van der Waals surface area contributed by atoms with Crippen LogP contribution in [0.4, 0.5) is 5.69 Å². The zero-order valence-corrected chi connectivity index (χ0v) is 11.8. The molecular weight excluding hydrogens is 282 g/mol. The molecule has 2 rings (SSSR count). The van der Waals surface area contributed by atoms with E-state index in [1.807, 2.05) is 12.3 Å². The van der Waals surface area contributed by atoms with E-state index in [1.54, 1.807) is 18.2 Å². The molecule has 0 unspecified atom stereocenters. The summed E-state index contributed by atoms with van der Waals surface area (Å²) >= 11 is 1.54. The predicted octanol–water partition coefficient (Wildman–Crippen LogP) is 2.91. The van der Waals surface area contributed by atoms with Crippen LogP contribution in [0.25, 0.3) is 0 Å². The lowest BCUT2D eigenvalue weighted by Crippen LogP contribution is -2.12. The Morgan fingerprint density at radius 3 is 2.42 bits per heavy atom. The van der Waals surface area contributed by atoms with Gasteiger partial charge >= 0.3 is 0 Å². The second kappa shape index (κ2) is 5.54.